The quantitative estimate of drug-likeness (QED) is 0.546. The van der Waals surface area contributed by atoms with Crippen molar-refractivity contribution in [3.05, 3.63) is 34.3 Å². The van der Waals surface area contributed by atoms with Gasteiger partial charge in [-0.25, -0.2) is 8.42 Å². The summed E-state index contributed by atoms with van der Waals surface area (Å²) in [5.41, 5.74) is 1.05. The molecule has 0 bridgehead atoms. The minimum atomic E-state index is -2.90. The van der Waals surface area contributed by atoms with Crippen molar-refractivity contribution in [2.24, 2.45) is 0 Å². The van der Waals surface area contributed by atoms with Crippen molar-refractivity contribution >= 4 is 48.4 Å². The van der Waals surface area contributed by atoms with E-state index in [1.54, 1.807) is 0 Å². The molecule has 2 unspecified atom stereocenters. The molecule has 1 aliphatic heterocycles. The maximum absolute atomic E-state index is 11.4. The predicted molar refractivity (Wildman–Crippen MR) is 79.2 cm³/mol. The molecule has 1 aliphatic rings. The molecule has 1 saturated heterocycles. The normalized spacial score (nSPS) is 27.2. The lowest BCUT2D eigenvalue weighted by atomic mass is 10.2. The van der Waals surface area contributed by atoms with Gasteiger partial charge in [-0.3, -0.25) is 0 Å². The molecule has 0 radical (unpaired) electrons. The van der Waals surface area contributed by atoms with Gasteiger partial charge in [0.15, 0.2) is 9.84 Å². The van der Waals surface area contributed by atoms with Crippen molar-refractivity contribution < 1.29 is 13.2 Å². The summed E-state index contributed by atoms with van der Waals surface area (Å²) in [5.74, 6) is 0.380. The van der Waals surface area contributed by atoms with Gasteiger partial charge < -0.3 is 4.74 Å². The van der Waals surface area contributed by atoms with E-state index in [4.69, 9.17) is 4.74 Å². The monoisotopic (exact) mass is 430 g/mol. The zero-order valence-corrected chi connectivity index (χ0v) is 13.5. The molecule has 2 rings (SSSR count). The Morgan fingerprint density at radius 1 is 1.41 bits per heavy atom. The number of sulfone groups is 1. The van der Waals surface area contributed by atoms with Crippen molar-refractivity contribution in [3.8, 4) is 0 Å². The number of hydrogen-bond donors (Lipinski definition) is 0. The van der Waals surface area contributed by atoms with Gasteiger partial charge >= 0.3 is 0 Å². The van der Waals surface area contributed by atoms with Crippen LogP contribution in [-0.2, 0) is 21.2 Å². The molecule has 0 N–H and O–H groups in total. The van der Waals surface area contributed by atoms with E-state index < -0.39 is 9.84 Å². The van der Waals surface area contributed by atoms with Crippen LogP contribution < -0.4 is 0 Å². The molecule has 94 valence electrons. The van der Waals surface area contributed by atoms with Crippen LogP contribution in [0.5, 0.6) is 0 Å². The highest BCUT2D eigenvalue weighted by Crippen LogP contribution is 2.24. The van der Waals surface area contributed by atoms with Gasteiger partial charge in [-0.15, -0.1) is 0 Å². The molecule has 0 saturated carbocycles. The Hall–Kier alpha value is 0.340. The Kier molecular flexibility index (Phi) is 4.49. The first-order valence-corrected chi connectivity index (χ1v) is 9.03. The van der Waals surface area contributed by atoms with Gasteiger partial charge in [0.2, 0.25) is 0 Å². The third kappa shape index (κ3) is 3.90. The number of rotatable bonds is 3. The van der Waals surface area contributed by atoms with Gasteiger partial charge in [0.1, 0.15) is 0 Å². The lowest BCUT2D eigenvalue weighted by Crippen LogP contribution is -2.22. The number of hydrogen-bond acceptors (Lipinski definition) is 3. The molecular formula is C11H12BrIO3S. The molecule has 1 aromatic rings. The van der Waals surface area contributed by atoms with E-state index >= 15 is 0 Å². The van der Waals surface area contributed by atoms with E-state index in [2.05, 4.69) is 38.5 Å². The molecule has 6 heteroatoms. The van der Waals surface area contributed by atoms with Crippen LogP contribution in [0.15, 0.2) is 28.7 Å². The van der Waals surface area contributed by atoms with Gasteiger partial charge in [-0.1, -0.05) is 50.7 Å². The summed E-state index contributed by atoms with van der Waals surface area (Å²) >= 11 is 5.55. The molecular weight excluding hydrogens is 419 g/mol. The van der Waals surface area contributed by atoms with E-state index in [1.165, 1.54) is 0 Å². The summed E-state index contributed by atoms with van der Waals surface area (Å²) in [5, 5.41) is 0. The van der Waals surface area contributed by atoms with Crippen LogP contribution >= 0.6 is 38.5 Å². The third-order valence-corrected chi connectivity index (χ3v) is 6.62. The van der Waals surface area contributed by atoms with E-state index in [0.29, 0.717) is 6.61 Å². The van der Waals surface area contributed by atoms with Gasteiger partial charge in [-0.05, 0) is 17.7 Å². The minimum absolute atomic E-state index is 0.0600. The third-order valence-electron chi connectivity index (χ3n) is 2.59. The van der Waals surface area contributed by atoms with Crippen LogP contribution in [-0.4, -0.2) is 30.0 Å². The Morgan fingerprint density at radius 3 is 2.76 bits per heavy atom. The van der Waals surface area contributed by atoms with Gasteiger partial charge in [0.05, 0.1) is 28.1 Å². The summed E-state index contributed by atoms with van der Waals surface area (Å²) in [6, 6.07) is 7.84. The number of halogens is 2. The van der Waals surface area contributed by atoms with Crippen LogP contribution in [0.2, 0.25) is 0 Å². The minimum Gasteiger partial charge on any atom is -0.371 e. The Bertz CT molecular complexity index is 503. The Labute approximate surface area is 123 Å². The Morgan fingerprint density at radius 2 is 2.18 bits per heavy atom. The standard InChI is InChI=1S/C11H12BrIO3S/c12-9-3-1-2-8(4-9)5-16-11-7-17(14,15)6-10(11)13/h1-4,10-11H,5-7H2. The topological polar surface area (TPSA) is 43.4 Å². The molecule has 0 aromatic heterocycles. The number of benzene rings is 1. The van der Waals surface area contributed by atoms with Crippen LogP contribution in [0, 0.1) is 0 Å². The molecule has 0 spiro atoms. The molecule has 2 atom stereocenters. The van der Waals surface area contributed by atoms with Crippen LogP contribution in [0.3, 0.4) is 0 Å². The second kappa shape index (κ2) is 5.54. The average Bonchev–Trinajstić information content (AvgIpc) is 2.49. The van der Waals surface area contributed by atoms with Gasteiger partial charge in [0, 0.05) is 4.47 Å². The first kappa shape index (κ1) is 13.8. The highest BCUT2D eigenvalue weighted by Gasteiger charge is 2.36. The summed E-state index contributed by atoms with van der Waals surface area (Å²) in [6.07, 6.45) is -0.181. The fraction of sp³-hybridized carbons (Fsp3) is 0.455. The largest absolute Gasteiger partial charge is 0.371 e. The number of alkyl halides is 1. The van der Waals surface area contributed by atoms with Gasteiger partial charge in [0.25, 0.3) is 0 Å². The fourth-order valence-corrected chi connectivity index (χ4v) is 6.32. The van der Waals surface area contributed by atoms with E-state index in [9.17, 15) is 8.42 Å². The fourth-order valence-electron chi connectivity index (χ4n) is 1.76. The Balaban J connectivity index is 1.95. The van der Waals surface area contributed by atoms with Gasteiger partial charge in [-0.2, -0.15) is 0 Å². The maximum Gasteiger partial charge on any atom is 0.154 e. The van der Waals surface area contributed by atoms with E-state index in [0.717, 1.165) is 10.0 Å². The highest BCUT2D eigenvalue weighted by atomic mass is 127. The van der Waals surface area contributed by atoms with Crippen molar-refractivity contribution in [2.45, 2.75) is 16.6 Å². The molecule has 1 heterocycles. The molecule has 0 aliphatic carbocycles. The molecule has 0 amide bonds. The smallest absolute Gasteiger partial charge is 0.154 e. The lowest BCUT2D eigenvalue weighted by molar-refractivity contribution is 0.0639. The van der Waals surface area contributed by atoms with Crippen LogP contribution in [0.1, 0.15) is 5.56 Å². The lowest BCUT2D eigenvalue weighted by Gasteiger charge is -2.13. The van der Waals surface area contributed by atoms with Crippen LogP contribution in [0.25, 0.3) is 0 Å². The second-order valence-electron chi connectivity index (χ2n) is 4.07. The van der Waals surface area contributed by atoms with E-state index in [-0.39, 0.29) is 21.5 Å². The summed E-state index contributed by atoms with van der Waals surface area (Å²) in [6.45, 7) is 0.457. The second-order valence-corrected chi connectivity index (χ2v) is 8.74. The number of ether oxygens (including phenoxy) is 1. The summed E-state index contributed by atoms with van der Waals surface area (Å²) in [7, 11) is -2.90. The molecule has 3 nitrogen and oxygen atoms in total. The highest BCUT2D eigenvalue weighted by molar-refractivity contribution is 14.1. The zero-order valence-electron chi connectivity index (χ0n) is 8.97. The summed E-state index contributed by atoms with van der Waals surface area (Å²) < 4.78 is 29.6. The predicted octanol–water partition coefficient (Wildman–Crippen LogP) is 2.57. The van der Waals surface area contributed by atoms with E-state index in [1.807, 2.05) is 24.3 Å². The van der Waals surface area contributed by atoms with Crippen molar-refractivity contribution in [1.29, 1.82) is 0 Å². The first-order chi connectivity index (χ1) is 7.96. The molecule has 1 fully saturated rings. The molecule has 17 heavy (non-hydrogen) atoms. The van der Waals surface area contributed by atoms with Crippen molar-refractivity contribution in [2.75, 3.05) is 11.5 Å². The SMILES string of the molecule is O=S1(=O)CC(I)C(OCc2cccc(Br)c2)C1. The first-order valence-electron chi connectivity index (χ1n) is 5.17. The average molecular weight is 431 g/mol. The summed E-state index contributed by atoms with van der Waals surface area (Å²) in [4.78, 5) is 0. The molecule has 1 aromatic carbocycles. The maximum atomic E-state index is 11.4. The van der Waals surface area contributed by atoms with Crippen LogP contribution in [0.4, 0.5) is 0 Å². The van der Waals surface area contributed by atoms with Crippen molar-refractivity contribution in [3.63, 3.8) is 0 Å². The zero-order chi connectivity index (χ0) is 12.5. The van der Waals surface area contributed by atoms with Crippen molar-refractivity contribution in [1.82, 2.24) is 0 Å².